The van der Waals surface area contributed by atoms with Crippen molar-refractivity contribution >= 4 is 36.8 Å². The first-order chi connectivity index (χ1) is 14.9. The topological polar surface area (TPSA) is 126 Å². The first kappa shape index (κ1) is 24.8. The largest absolute Gasteiger partial charge is 0.497 e. The molecule has 1 atom stereocenters. The number of amidine groups is 1. The number of amides is 3. The van der Waals surface area contributed by atoms with Crippen LogP contribution in [0.2, 0.25) is 19.6 Å². The van der Waals surface area contributed by atoms with Gasteiger partial charge in [0.05, 0.1) is 15.2 Å². The Morgan fingerprint density at radius 2 is 1.62 bits per heavy atom. The second-order valence-electron chi connectivity index (χ2n) is 8.55. The highest BCUT2D eigenvalue weighted by atomic mass is 28.3. The number of hydrogen-bond donors (Lipinski definition) is 3. The molecule has 0 aromatic heterocycles. The van der Waals surface area contributed by atoms with Crippen LogP contribution in [0.4, 0.5) is 4.79 Å². The lowest BCUT2D eigenvalue weighted by molar-refractivity contribution is -0.133. The number of nitrogens with one attached hydrogen (secondary N) is 2. The maximum atomic E-state index is 13.3. The number of rotatable bonds is 7. The SMILES string of the molecule is COc1ccc(C(C(=O)Cc2ccc([Si](C)(C)C)cc2)N(C)C(=O)C(=N)NC(N)=O)cc1. The molecule has 0 bridgehead atoms. The zero-order valence-electron chi connectivity index (χ0n) is 19.1. The Bertz CT molecular complexity index is 998. The Hall–Kier alpha value is -3.46. The molecule has 8 nitrogen and oxygen atoms in total. The van der Waals surface area contributed by atoms with E-state index in [1.807, 2.05) is 17.4 Å². The van der Waals surface area contributed by atoms with Crippen LogP contribution in [0.5, 0.6) is 5.75 Å². The van der Waals surface area contributed by atoms with Gasteiger partial charge in [-0.1, -0.05) is 61.2 Å². The van der Waals surface area contributed by atoms with E-state index in [1.165, 1.54) is 19.3 Å². The summed E-state index contributed by atoms with van der Waals surface area (Å²) in [5.41, 5.74) is 6.42. The Kier molecular flexibility index (Phi) is 7.93. The minimum Gasteiger partial charge on any atom is -0.497 e. The number of methoxy groups -OCH3 is 1. The summed E-state index contributed by atoms with van der Waals surface area (Å²) < 4.78 is 5.18. The van der Waals surface area contributed by atoms with Crippen LogP contribution in [0.3, 0.4) is 0 Å². The van der Waals surface area contributed by atoms with Crippen molar-refractivity contribution in [1.82, 2.24) is 10.2 Å². The van der Waals surface area contributed by atoms with E-state index in [0.29, 0.717) is 11.3 Å². The van der Waals surface area contributed by atoms with Crippen molar-refractivity contribution in [1.29, 1.82) is 5.41 Å². The van der Waals surface area contributed by atoms with Gasteiger partial charge < -0.3 is 15.4 Å². The van der Waals surface area contributed by atoms with Gasteiger partial charge in [0, 0.05) is 13.5 Å². The van der Waals surface area contributed by atoms with Crippen LogP contribution in [-0.2, 0) is 16.0 Å². The van der Waals surface area contributed by atoms with E-state index in [1.54, 1.807) is 24.3 Å². The van der Waals surface area contributed by atoms with Gasteiger partial charge in [0.2, 0.25) is 0 Å². The van der Waals surface area contributed by atoms with Gasteiger partial charge in [-0.15, -0.1) is 0 Å². The van der Waals surface area contributed by atoms with Crippen LogP contribution in [0.25, 0.3) is 0 Å². The lowest BCUT2D eigenvalue weighted by Crippen LogP contribution is -2.47. The van der Waals surface area contributed by atoms with Gasteiger partial charge in [-0.3, -0.25) is 20.3 Å². The molecule has 3 amide bonds. The monoisotopic (exact) mass is 454 g/mol. The van der Waals surface area contributed by atoms with Crippen LogP contribution in [-0.4, -0.2) is 50.7 Å². The number of ether oxygens (including phenoxy) is 1. The van der Waals surface area contributed by atoms with E-state index >= 15 is 0 Å². The molecule has 9 heteroatoms. The summed E-state index contributed by atoms with van der Waals surface area (Å²) in [5, 5.41) is 11.0. The second kappa shape index (κ2) is 10.2. The normalized spacial score (nSPS) is 11.9. The zero-order valence-corrected chi connectivity index (χ0v) is 20.1. The highest BCUT2D eigenvalue weighted by molar-refractivity contribution is 6.88. The van der Waals surface area contributed by atoms with E-state index in [9.17, 15) is 14.4 Å². The summed E-state index contributed by atoms with van der Waals surface area (Å²) in [4.78, 5) is 38.2. The molecule has 170 valence electrons. The molecule has 2 aromatic rings. The molecule has 0 aliphatic heterocycles. The number of hydrogen-bond acceptors (Lipinski definition) is 5. The van der Waals surface area contributed by atoms with Crippen LogP contribution >= 0.6 is 0 Å². The van der Waals surface area contributed by atoms with E-state index in [-0.39, 0.29) is 12.2 Å². The maximum absolute atomic E-state index is 13.3. The van der Waals surface area contributed by atoms with Gasteiger partial charge in [0.15, 0.2) is 11.6 Å². The third-order valence-electron chi connectivity index (χ3n) is 5.10. The Morgan fingerprint density at radius 1 is 1.06 bits per heavy atom. The fraction of sp³-hybridized carbons (Fsp3) is 0.304. The summed E-state index contributed by atoms with van der Waals surface area (Å²) >= 11 is 0. The molecule has 0 aliphatic rings. The second-order valence-corrected chi connectivity index (χ2v) is 13.6. The fourth-order valence-corrected chi connectivity index (χ4v) is 4.47. The van der Waals surface area contributed by atoms with Crippen LogP contribution < -0.4 is 21.0 Å². The Morgan fingerprint density at radius 3 is 2.09 bits per heavy atom. The molecule has 0 spiro atoms. The van der Waals surface area contributed by atoms with E-state index in [0.717, 1.165) is 10.5 Å². The number of nitrogens with two attached hydrogens (primary N) is 1. The Labute approximate surface area is 189 Å². The number of urea groups is 1. The molecule has 2 aromatic carbocycles. The highest BCUT2D eigenvalue weighted by Crippen LogP contribution is 2.25. The van der Waals surface area contributed by atoms with Gasteiger partial charge >= 0.3 is 6.03 Å². The number of benzene rings is 2. The van der Waals surface area contributed by atoms with Crippen molar-refractivity contribution in [3.05, 3.63) is 59.7 Å². The molecule has 0 saturated carbocycles. The number of nitrogens with zero attached hydrogens (tertiary/aromatic N) is 1. The van der Waals surface area contributed by atoms with Crippen LogP contribution in [0.1, 0.15) is 17.2 Å². The number of carbonyl (C=O) groups excluding carboxylic acids is 3. The zero-order chi connectivity index (χ0) is 24.1. The lowest BCUT2D eigenvalue weighted by Gasteiger charge is -2.28. The molecule has 0 radical (unpaired) electrons. The van der Waals surface area contributed by atoms with Crippen LogP contribution in [0, 0.1) is 5.41 Å². The number of primary amides is 1. The smallest absolute Gasteiger partial charge is 0.317 e. The molecule has 1 unspecified atom stereocenters. The maximum Gasteiger partial charge on any atom is 0.317 e. The summed E-state index contributed by atoms with van der Waals surface area (Å²) in [6, 6.07) is 12.8. The van der Waals surface area contributed by atoms with Gasteiger partial charge in [-0.2, -0.15) is 0 Å². The molecule has 32 heavy (non-hydrogen) atoms. The first-order valence-electron chi connectivity index (χ1n) is 10.1. The van der Waals surface area contributed by atoms with Crippen molar-refractivity contribution in [2.24, 2.45) is 5.73 Å². The van der Waals surface area contributed by atoms with E-state index < -0.39 is 31.9 Å². The van der Waals surface area contributed by atoms with Crippen molar-refractivity contribution in [2.75, 3.05) is 14.2 Å². The van der Waals surface area contributed by atoms with Crippen molar-refractivity contribution < 1.29 is 19.1 Å². The highest BCUT2D eigenvalue weighted by Gasteiger charge is 2.31. The van der Waals surface area contributed by atoms with Gasteiger partial charge in [0.25, 0.3) is 5.91 Å². The third-order valence-corrected chi connectivity index (χ3v) is 7.17. The summed E-state index contributed by atoms with van der Waals surface area (Å²) in [6.45, 7) is 6.76. The van der Waals surface area contributed by atoms with Gasteiger partial charge in [-0.25, -0.2) is 4.79 Å². The fourth-order valence-electron chi connectivity index (χ4n) is 3.30. The van der Waals surface area contributed by atoms with Crippen LogP contribution in [0.15, 0.2) is 48.5 Å². The molecular weight excluding hydrogens is 424 g/mol. The molecular formula is C23H30N4O4Si. The van der Waals surface area contributed by atoms with Crippen molar-refractivity contribution in [3.8, 4) is 5.75 Å². The van der Waals surface area contributed by atoms with E-state index in [2.05, 4.69) is 31.8 Å². The number of Topliss-reactive ketones (excluding diaryl/α,β-unsaturated/α-hetero) is 1. The van der Waals surface area contributed by atoms with Crippen molar-refractivity contribution in [3.63, 3.8) is 0 Å². The first-order valence-corrected chi connectivity index (χ1v) is 13.6. The quantitative estimate of drug-likeness (QED) is 0.337. The molecule has 0 aliphatic carbocycles. The number of carbonyl (C=O) groups is 3. The average Bonchev–Trinajstić information content (AvgIpc) is 2.73. The Balaban J connectivity index is 2.34. The van der Waals surface area contributed by atoms with E-state index in [4.69, 9.17) is 15.9 Å². The predicted molar refractivity (Wildman–Crippen MR) is 127 cm³/mol. The third kappa shape index (κ3) is 6.27. The molecule has 4 N–H and O–H groups in total. The average molecular weight is 455 g/mol. The molecule has 2 rings (SSSR count). The summed E-state index contributed by atoms with van der Waals surface area (Å²) in [7, 11) is 1.50. The molecule has 0 fully saturated rings. The number of ketones is 1. The summed E-state index contributed by atoms with van der Waals surface area (Å²) in [5.74, 6) is -1.14. The van der Waals surface area contributed by atoms with Crippen molar-refractivity contribution in [2.45, 2.75) is 32.1 Å². The van der Waals surface area contributed by atoms with Gasteiger partial charge in [0.1, 0.15) is 11.8 Å². The minimum absolute atomic E-state index is 0.108. The summed E-state index contributed by atoms with van der Waals surface area (Å²) in [6.07, 6.45) is 0.108. The van der Waals surface area contributed by atoms with Gasteiger partial charge in [-0.05, 0) is 23.3 Å². The standard InChI is InChI=1S/C23H30N4O4Si/c1-27(22(29)21(24)26-23(25)30)20(16-8-10-17(31-2)11-9-16)19(28)14-15-6-12-18(13-7-15)32(3,4)5/h6-13,20H,14H2,1-5H3,(H4,24,25,26,30). The minimum atomic E-state index is -1.46. The number of likely N-dealkylation sites (N-methyl/N-ethyl adjacent to an activating group) is 1. The predicted octanol–water partition coefficient (Wildman–Crippen LogP) is 2.20. The molecule has 0 saturated heterocycles. The lowest BCUT2D eigenvalue weighted by atomic mass is 9.96. The molecule has 0 heterocycles.